The number of amides is 1. The molecule has 1 heterocycles. The molecule has 1 amide bonds. The third kappa shape index (κ3) is 4.95. The minimum absolute atomic E-state index is 0.245. The van der Waals surface area contributed by atoms with E-state index in [1.54, 1.807) is 17.0 Å². The molecule has 0 radical (unpaired) electrons. The van der Waals surface area contributed by atoms with Gasteiger partial charge in [0, 0.05) is 32.7 Å². The number of carbonyl (C=O) groups excluding carboxylic acids is 1. The zero-order chi connectivity index (χ0) is 16.3. The Labute approximate surface area is 139 Å². The quantitative estimate of drug-likeness (QED) is 0.794. The molecule has 0 spiro atoms. The predicted molar refractivity (Wildman–Crippen MR) is 87.2 cm³/mol. The second-order valence-corrected chi connectivity index (χ2v) is 7.35. The van der Waals surface area contributed by atoms with Crippen LogP contribution in [0.25, 0.3) is 0 Å². The first-order valence-electron chi connectivity index (χ1n) is 7.39. The van der Waals surface area contributed by atoms with Crippen LogP contribution in [0.3, 0.4) is 0 Å². The molecule has 0 saturated carbocycles. The van der Waals surface area contributed by atoms with Gasteiger partial charge in [0.2, 0.25) is 0 Å². The summed E-state index contributed by atoms with van der Waals surface area (Å²) in [5.41, 5.74) is 0.467. The van der Waals surface area contributed by atoms with E-state index in [1.165, 1.54) is 0 Å². The fraction of sp³-hybridized carbons (Fsp3) is 0.562. The number of rotatable bonds is 2. The number of halogens is 2. The van der Waals surface area contributed by atoms with Crippen LogP contribution in [0.2, 0.25) is 0 Å². The molecule has 22 heavy (non-hydrogen) atoms. The van der Waals surface area contributed by atoms with Crippen LogP contribution in [0.4, 0.5) is 9.18 Å². The van der Waals surface area contributed by atoms with Gasteiger partial charge >= 0.3 is 6.09 Å². The summed E-state index contributed by atoms with van der Waals surface area (Å²) in [7, 11) is 0. The highest BCUT2D eigenvalue weighted by atomic mass is 79.9. The normalized spacial score (nSPS) is 16.7. The van der Waals surface area contributed by atoms with Gasteiger partial charge in [-0.2, -0.15) is 0 Å². The first-order valence-corrected chi connectivity index (χ1v) is 8.18. The van der Waals surface area contributed by atoms with Gasteiger partial charge in [0.05, 0.1) is 4.47 Å². The summed E-state index contributed by atoms with van der Waals surface area (Å²) in [4.78, 5) is 15.9. The van der Waals surface area contributed by atoms with Gasteiger partial charge in [0.1, 0.15) is 11.4 Å². The van der Waals surface area contributed by atoms with Gasteiger partial charge in [-0.1, -0.05) is 6.07 Å². The fourth-order valence-corrected chi connectivity index (χ4v) is 2.56. The average Bonchev–Trinajstić information content (AvgIpc) is 2.42. The lowest BCUT2D eigenvalue weighted by Gasteiger charge is -2.35. The molecule has 1 aliphatic heterocycles. The maximum atomic E-state index is 13.5. The first-order chi connectivity index (χ1) is 10.2. The van der Waals surface area contributed by atoms with Gasteiger partial charge in [-0.05, 0) is 54.4 Å². The standard InChI is InChI=1S/C16H22BrFN2O2/c1-16(2,3)22-15(21)20-8-6-19(7-9-20)11-12-4-5-13(17)14(18)10-12/h4-5,10H,6-9,11H2,1-3H3. The Kier molecular flexibility index (Phi) is 5.45. The summed E-state index contributed by atoms with van der Waals surface area (Å²) in [6.07, 6.45) is -0.262. The average molecular weight is 373 g/mol. The monoisotopic (exact) mass is 372 g/mol. The van der Waals surface area contributed by atoms with Crippen LogP contribution in [0, 0.1) is 5.82 Å². The van der Waals surface area contributed by atoms with E-state index in [4.69, 9.17) is 4.74 Å². The van der Waals surface area contributed by atoms with E-state index in [-0.39, 0.29) is 11.9 Å². The molecule has 0 atom stereocenters. The zero-order valence-corrected chi connectivity index (χ0v) is 14.8. The molecule has 0 bridgehead atoms. The zero-order valence-electron chi connectivity index (χ0n) is 13.2. The van der Waals surface area contributed by atoms with Gasteiger partial charge in [0.15, 0.2) is 0 Å². The molecule has 1 aliphatic rings. The van der Waals surface area contributed by atoms with E-state index >= 15 is 0 Å². The van der Waals surface area contributed by atoms with Crippen molar-refractivity contribution < 1.29 is 13.9 Å². The Morgan fingerprint density at radius 3 is 2.45 bits per heavy atom. The van der Waals surface area contributed by atoms with Crippen LogP contribution in [0.15, 0.2) is 22.7 Å². The Balaban J connectivity index is 1.84. The molecule has 1 fully saturated rings. The highest BCUT2D eigenvalue weighted by Crippen LogP contribution is 2.18. The SMILES string of the molecule is CC(C)(C)OC(=O)N1CCN(Cc2ccc(Br)c(F)c2)CC1. The van der Waals surface area contributed by atoms with Crippen molar-refractivity contribution in [3.63, 3.8) is 0 Å². The van der Waals surface area contributed by atoms with E-state index in [2.05, 4.69) is 20.8 Å². The van der Waals surface area contributed by atoms with Gasteiger partial charge in [-0.3, -0.25) is 4.90 Å². The molecule has 0 aromatic heterocycles. The van der Waals surface area contributed by atoms with Crippen molar-refractivity contribution in [2.75, 3.05) is 26.2 Å². The summed E-state index contributed by atoms with van der Waals surface area (Å²) in [5, 5.41) is 0. The van der Waals surface area contributed by atoms with Crippen LogP contribution < -0.4 is 0 Å². The maximum Gasteiger partial charge on any atom is 0.410 e. The summed E-state index contributed by atoms with van der Waals surface area (Å²) in [6.45, 7) is 9.07. The van der Waals surface area contributed by atoms with Crippen molar-refractivity contribution in [3.8, 4) is 0 Å². The molecule has 1 aromatic rings. The molecular weight excluding hydrogens is 351 g/mol. The van der Waals surface area contributed by atoms with E-state index in [1.807, 2.05) is 26.8 Å². The molecule has 0 aliphatic carbocycles. The molecule has 4 nitrogen and oxygen atoms in total. The molecular formula is C16H22BrFN2O2. The van der Waals surface area contributed by atoms with Gasteiger partial charge in [0.25, 0.3) is 0 Å². The minimum atomic E-state index is -0.469. The third-order valence-corrected chi connectivity index (χ3v) is 4.06. The second-order valence-electron chi connectivity index (χ2n) is 6.49. The number of piperazine rings is 1. The molecule has 2 rings (SSSR count). The summed E-state index contributed by atoms with van der Waals surface area (Å²) < 4.78 is 19.4. The molecule has 6 heteroatoms. The number of carbonyl (C=O) groups is 1. The largest absolute Gasteiger partial charge is 0.444 e. The van der Waals surface area contributed by atoms with Gasteiger partial charge in [-0.25, -0.2) is 9.18 Å². The maximum absolute atomic E-state index is 13.5. The van der Waals surface area contributed by atoms with Crippen LogP contribution >= 0.6 is 15.9 Å². The number of hydrogen-bond donors (Lipinski definition) is 0. The lowest BCUT2D eigenvalue weighted by atomic mass is 10.2. The highest BCUT2D eigenvalue weighted by molar-refractivity contribution is 9.10. The fourth-order valence-electron chi connectivity index (χ4n) is 2.31. The van der Waals surface area contributed by atoms with Crippen molar-refractivity contribution in [1.29, 1.82) is 0 Å². The van der Waals surface area contributed by atoms with Crippen molar-refractivity contribution in [2.45, 2.75) is 32.9 Å². The minimum Gasteiger partial charge on any atom is -0.444 e. The molecule has 122 valence electrons. The molecule has 0 N–H and O–H groups in total. The molecule has 1 aromatic carbocycles. The summed E-state index contributed by atoms with van der Waals surface area (Å²) in [5.74, 6) is -0.245. The van der Waals surface area contributed by atoms with Crippen LogP contribution in [-0.4, -0.2) is 47.7 Å². The number of hydrogen-bond acceptors (Lipinski definition) is 3. The first kappa shape index (κ1) is 17.2. The van der Waals surface area contributed by atoms with Crippen molar-refractivity contribution >= 4 is 22.0 Å². The molecule has 0 unspecified atom stereocenters. The number of nitrogens with zero attached hydrogens (tertiary/aromatic N) is 2. The van der Waals surface area contributed by atoms with Gasteiger partial charge in [-0.15, -0.1) is 0 Å². The van der Waals surface area contributed by atoms with Crippen molar-refractivity contribution in [3.05, 3.63) is 34.1 Å². The Morgan fingerprint density at radius 2 is 1.91 bits per heavy atom. The van der Waals surface area contributed by atoms with E-state index in [0.29, 0.717) is 24.1 Å². The summed E-state index contributed by atoms with van der Waals surface area (Å²) >= 11 is 3.16. The van der Waals surface area contributed by atoms with Crippen LogP contribution in [0.1, 0.15) is 26.3 Å². The summed E-state index contributed by atoms with van der Waals surface area (Å²) in [6, 6.07) is 5.18. The van der Waals surface area contributed by atoms with Crippen LogP contribution in [0.5, 0.6) is 0 Å². The Bertz CT molecular complexity index is 537. The van der Waals surface area contributed by atoms with Crippen molar-refractivity contribution in [2.24, 2.45) is 0 Å². The van der Waals surface area contributed by atoms with E-state index in [0.717, 1.165) is 18.7 Å². The lowest BCUT2D eigenvalue weighted by Crippen LogP contribution is -2.49. The predicted octanol–water partition coefficient (Wildman–Crippen LogP) is 3.64. The van der Waals surface area contributed by atoms with E-state index < -0.39 is 5.60 Å². The Morgan fingerprint density at radius 1 is 1.27 bits per heavy atom. The van der Waals surface area contributed by atoms with Crippen molar-refractivity contribution in [1.82, 2.24) is 9.80 Å². The number of ether oxygens (including phenoxy) is 1. The van der Waals surface area contributed by atoms with Gasteiger partial charge < -0.3 is 9.64 Å². The smallest absolute Gasteiger partial charge is 0.410 e. The lowest BCUT2D eigenvalue weighted by molar-refractivity contribution is 0.0139. The number of benzene rings is 1. The highest BCUT2D eigenvalue weighted by Gasteiger charge is 2.25. The Hall–Kier alpha value is -1.14. The molecule has 1 saturated heterocycles. The third-order valence-electron chi connectivity index (χ3n) is 3.41. The topological polar surface area (TPSA) is 32.8 Å². The van der Waals surface area contributed by atoms with Crippen LogP contribution in [-0.2, 0) is 11.3 Å². The van der Waals surface area contributed by atoms with E-state index in [9.17, 15) is 9.18 Å². The second kappa shape index (κ2) is 6.96.